The van der Waals surface area contributed by atoms with Gasteiger partial charge in [-0.2, -0.15) is 4.37 Å². The van der Waals surface area contributed by atoms with Gasteiger partial charge in [0.2, 0.25) is 0 Å². The molecule has 0 fully saturated rings. The zero-order valence-corrected chi connectivity index (χ0v) is 11.5. The summed E-state index contributed by atoms with van der Waals surface area (Å²) in [6.07, 6.45) is 2.24. The summed E-state index contributed by atoms with van der Waals surface area (Å²) in [5.74, 6) is 0.807. The van der Waals surface area contributed by atoms with Crippen LogP contribution in [0.4, 0.5) is 0 Å². The molecular weight excluding hydrogens is 266 g/mol. The number of hydrogen-bond acceptors (Lipinski definition) is 6. The number of aliphatic hydroxyl groups is 1. The van der Waals surface area contributed by atoms with Crippen molar-refractivity contribution in [3.63, 3.8) is 0 Å². The van der Waals surface area contributed by atoms with Gasteiger partial charge in [0.1, 0.15) is 6.33 Å². The summed E-state index contributed by atoms with van der Waals surface area (Å²) in [4.78, 5) is 4.10. The minimum absolute atomic E-state index is 0.0618. The van der Waals surface area contributed by atoms with Gasteiger partial charge in [-0.3, -0.25) is 0 Å². The van der Waals surface area contributed by atoms with Crippen molar-refractivity contribution in [3.8, 4) is 0 Å². The Morgan fingerprint density at radius 3 is 2.72 bits per heavy atom. The quantitative estimate of drug-likeness (QED) is 0.791. The predicted molar refractivity (Wildman–Crippen MR) is 74.6 cm³/mol. The van der Waals surface area contributed by atoms with E-state index in [0.717, 1.165) is 15.7 Å². The Labute approximate surface area is 114 Å². The Kier molecular flexibility index (Phi) is 4.71. The van der Waals surface area contributed by atoms with Gasteiger partial charge in [-0.1, -0.05) is 42.1 Å². The second-order valence-electron chi connectivity index (χ2n) is 3.99. The Morgan fingerprint density at radius 1 is 1.33 bits per heavy atom. The second kappa shape index (κ2) is 6.29. The van der Waals surface area contributed by atoms with Crippen molar-refractivity contribution >= 4 is 23.3 Å². The third-order valence-corrected chi connectivity index (χ3v) is 4.54. The van der Waals surface area contributed by atoms with Gasteiger partial charge in [0.15, 0.2) is 4.34 Å². The van der Waals surface area contributed by atoms with Gasteiger partial charge in [-0.15, -0.1) is 0 Å². The molecule has 0 radical (unpaired) electrons. The lowest BCUT2D eigenvalue weighted by Gasteiger charge is -2.27. The van der Waals surface area contributed by atoms with Crippen LogP contribution < -0.4 is 5.73 Å². The highest BCUT2D eigenvalue weighted by Crippen LogP contribution is 2.26. The fourth-order valence-electron chi connectivity index (χ4n) is 1.63. The Morgan fingerprint density at radius 2 is 2.11 bits per heavy atom. The molecule has 0 aliphatic carbocycles. The van der Waals surface area contributed by atoms with E-state index in [4.69, 9.17) is 5.73 Å². The maximum atomic E-state index is 9.54. The van der Waals surface area contributed by atoms with E-state index < -0.39 is 5.54 Å². The molecule has 0 aliphatic rings. The van der Waals surface area contributed by atoms with E-state index in [1.165, 1.54) is 11.5 Å². The van der Waals surface area contributed by atoms with Gasteiger partial charge in [0.25, 0.3) is 0 Å². The van der Waals surface area contributed by atoms with E-state index in [0.29, 0.717) is 6.42 Å². The molecule has 0 saturated heterocycles. The molecule has 2 rings (SSSR count). The van der Waals surface area contributed by atoms with Crippen molar-refractivity contribution in [1.82, 2.24) is 9.36 Å². The molecule has 96 valence electrons. The molecule has 4 nitrogen and oxygen atoms in total. The van der Waals surface area contributed by atoms with Crippen LogP contribution >= 0.6 is 23.3 Å². The number of aliphatic hydroxyl groups excluding tert-OH is 1. The minimum atomic E-state index is -0.682. The molecule has 0 bridgehead atoms. The summed E-state index contributed by atoms with van der Waals surface area (Å²) in [5, 5.41) is 9.54. The summed E-state index contributed by atoms with van der Waals surface area (Å²) >= 11 is 2.99. The van der Waals surface area contributed by atoms with Crippen LogP contribution in [0.3, 0.4) is 0 Å². The van der Waals surface area contributed by atoms with Crippen molar-refractivity contribution in [1.29, 1.82) is 0 Å². The van der Waals surface area contributed by atoms with Gasteiger partial charge < -0.3 is 10.8 Å². The molecular formula is C12H15N3OS2. The SMILES string of the molecule is NC(CO)(CCSc1ncns1)c1ccccc1. The molecule has 1 atom stereocenters. The summed E-state index contributed by atoms with van der Waals surface area (Å²) in [7, 11) is 0. The first-order valence-electron chi connectivity index (χ1n) is 5.59. The van der Waals surface area contributed by atoms with Gasteiger partial charge in [-0.05, 0) is 23.5 Å². The third kappa shape index (κ3) is 3.29. The lowest BCUT2D eigenvalue weighted by atomic mass is 9.89. The zero-order valence-electron chi connectivity index (χ0n) is 9.82. The first-order chi connectivity index (χ1) is 8.74. The van der Waals surface area contributed by atoms with E-state index in [1.54, 1.807) is 18.1 Å². The fourth-order valence-corrected chi connectivity index (χ4v) is 3.26. The standard InChI is InChI=1S/C12H15N3OS2/c13-12(8-16,10-4-2-1-3-5-10)6-7-17-11-14-9-15-18-11/h1-5,9,16H,6-8,13H2. The molecule has 0 spiro atoms. The van der Waals surface area contributed by atoms with Crippen molar-refractivity contribution in [2.24, 2.45) is 5.73 Å². The lowest BCUT2D eigenvalue weighted by Crippen LogP contribution is -2.41. The lowest BCUT2D eigenvalue weighted by molar-refractivity contribution is 0.193. The Balaban J connectivity index is 1.96. The topological polar surface area (TPSA) is 72.0 Å². The van der Waals surface area contributed by atoms with Crippen LogP contribution in [0.25, 0.3) is 0 Å². The van der Waals surface area contributed by atoms with E-state index >= 15 is 0 Å². The molecule has 0 saturated carbocycles. The fraction of sp³-hybridized carbons (Fsp3) is 0.333. The van der Waals surface area contributed by atoms with Crippen LogP contribution in [0.1, 0.15) is 12.0 Å². The predicted octanol–water partition coefficient (Wildman–Crippen LogP) is 1.87. The highest BCUT2D eigenvalue weighted by atomic mass is 32.2. The molecule has 1 aromatic heterocycles. The van der Waals surface area contributed by atoms with Crippen molar-refractivity contribution < 1.29 is 5.11 Å². The molecule has 3 N–H and O–H groups in total. The number of rotatable bonds is 6. The minimum Gasteiger partial charge on any atom is -0.394 e. The Hall–Kier alpha value is -0.950. The van der Waals surface area contributed by atoms with E-state index in [9.17, 15) is 5.11 Å². The molecule has 18 heavy (non-hydrogen) atoms. The average molecular weight is 281 g/mol. The van der Waals surface area contributed by atoms with Crippen LogP contribution in [0.15, 0.2) is 41.0 Å². The van der Waals surface area contributed by atoms with E-state index in [2.05, 4.69) is 9.36 Å². The van der Waals surface area contributed by atoms with E-state index in [-0.39, 0.29) is 6.61 Å². The highest BCUT2D eigenvalue weighted by Gasteiger charge is 2.25. The monoisotopic (exact) mass is 281 g/mol. The molecule has 1 aromatic carbocycles. The number of nitrogens with two attached hydrogens (primary N) is 1. The van der Waals surface area contributed by atoms with Crippen LogP contribution in [0, 0.1) is 0 Å². The summed E-state index contributed by atoms with van der Waals surface area (Å²) < 4.78 is 4.88. The number of benzene rings is 1. The zero-order chi connectivity index (χ0) is 12.8. The van der Waals surface area contributed by atoms with Gasteiger partial charge >= 0.3 is 0 Å². The summed E-state index contributed by atoms with van der Waals surface area (Å²) in [6, 6.07) is 9.71. The summed E-state index contributed by atoms with van der Waals surface area (Å²) in [5.41, 5.74) is 6.54. The highest BCUT2D eigenvalue weighted by molar-refractivity contribution is 8.00. The molecule has 0 aliphatic heterocycles. The molecule has 0 amide bonds. The number of aromatic nitrogens is 2. The number of hydrogen-bond donors (Lipinski definition) is 2. The third-order valence-electron chi connectivity index (χ3n) is 2.75. The number of thioether (sulfide) groups is 1. The van der Waals surface area contributed by atoms with Crippen LogP contribution in [-0.4, -0.2) is 26.8 Å². The molecule has 6 heteroatoms. The smallest absolute Gasteiger partial charge is 0.169 e. The van der Waals surface area contributed by atoms with Gasteiger partial charge in [-0.25, -0.2) is 4.98 Å². The van der Waals surface area contributed by atoms with Crippen LogP contribution in [0.2, 0.25) is 0 Å². The van der Waals surface area contributed by atoms with Gasteiger partial charge in [0, 0.05) is 5.75 Å². The normalized spacial score (nSPS) is 14.3. The summed E-state index contributed by atoms with van der Waals surface area (Å²) in [6.45, 7) is -0.0618. The van der Waals surface area contributed by atoms with E-state index in [1.807, 2.05) is 30.3 Å². The van der Waals surface area contributed by atoms with Crippen molar-refractivity contribution in [2.45, 2.75) is 16.3 Å². The first-order valence-corrected chi connectivity index (χ1v) is 7.35. The first kappa shape index (κ1) is 13.5. The van der Waals surface area contributed by atoms with Crippen LogP contribution in [0.5, 0.6) is 0 Å². The van der Waals surface area contributed by atoms with Gasteiger partial charge in [0.05, 0.1) is 12.1 Å². The molecule has 1 unspecified atom stereocenters. The maximum Gasteiger partial charge on any atom is 0.169 e. The molecule has 2 aromatic rings. The second-order valence-corrected chi connectivity index (χ2v) is 6.11. The van der Waals surface area contributed by atoms with Crippen molar-refractivity contribution in [3.05, 3.63) is 42.2 Å². The van der Waals surface area contributed by atoms with Crippen molar-refractivity contribution in [2.75, 3.05) is 12.4 Å². The van der Waals surface area contributed by atoms with Crippen LogP contribution in [-0.2, 0) is 5.54 Å². The average Bonchev–Trinajstić information content (AvgIpc) is 2.93. The number of nitrogens with zero attached hydrogens (tertiary/aromatic N) is 2. The Bertz CT molecular complexity index is 463. The molecule has 1 heterocycles. The largest absolute Gasteiger partial charge is 0.394 e. The maximum absolute atomic E-state index is 9.54.